The molecule has 2 rings (SSSR count). The second-order valence-electron chi connectivity index (χ2n) is 6.21. The van der Waals surface area contributed by atoms with Crippen LogP contribution in [0.2, 0.25) is 0 Å². The fourth-order valence-electron chi connectivity index (χ4n) is 2.64. The minimum absolute atomic E-state index is 0.0175. The van der Waals surface area contributed by atoms with Gasteiger partial charge in [0.2, 0.25) is 0 Å². The van der Waals surface area contributed by atoms with Crippen molar-refractivity contribution in [2.45, 2.75) is 52.6 Å². The molecule has 0 aliphatic heterocycles. The number of nitrogens with zero attached hydrogens (tertiary/aromatic N) is 1. The third kappa shape index (κ3) is 4.09. The molecule has 116 valence electrons. The zero-order chi connectivity index (χ0) is 15.5. The van der Waals surface area contributed by atoms with Crippen molar-refractivity contribution in [3.8, 4) is 5.75 Å². The number of nitro benzene ring substituents is 1. The summed E-state index contributed by atoms with van der Waals surface area (Å²) in [6.07, 6.45) is 4.90. The lowest BCUT2D eigenvalue weighted by Crippen LogP contribution is -2.15. The van der Waals surface area contributed by atoms with Crippen LogP contribution in [0.3, 0.4) is 0 Å². The lowest BCUT2D eigenvalue weighted by atomic mass is 10.0. The van der Waals surface area contributed by atoms with Gasteiger partial charge in [-0.15, -0.1) is 0 Å². The molecule has 5 nitrogen and oxygen atoms in total. The molecule has 21 heavy (non-hydrogen) atoms. The minimum Gasteiger partial charge on any atom is -0.484 e. The zero-order valence-electron chi connectivity index (χ0n) is 13.0. The summed E-state index contributed by atoms with van der Waals surface area (Å²) in [6.45, 7) is 6.87. The van der Waals surface area contributed by atoms with Crippen molar-refractivity contribution in [2.24, 2.45) is 5.41 Å². The third-order valence-corrected chi connectivity index (χ3v) is 3.92. The van der Waals surface area contributed by atoms with Gasteiger partial charge in [-0.25, -0.2) is 0 Å². The van der Waals surface area contributed by atoms with Gasteiger partial charge in [0.05, 0.1) is 11.0 Å². The van der Waals surface area contributed by atoms with Crippen LogP contribution in [-0.2, 0) is 0 Å². The summed E-state index contributed by atoms with van der Waals surface area (Å²) >= 11 is 0. The lowest BCUT2D eigenvalue weighted by molar-refractivity contribution is -0.386. The van der Waals surface area contributed by atoms with Crippen molar-refractivity contribution in [1.82, 2.24) is 0 Å². The van der Waals surface area contributed by atoms with E-state index in [2.05, 4.69) is 12.2 Å². The summed E-state index contributed by atoms with van der Waals surface area (Å²) < 4.78 is 5.56. The molecular weight excluding hydrogens is 268 g/mol. The van der Waals surface area contributed by atoms with Crippen molar-refractivity contribution in [2.75, 3.05) is 11.9 Å². The first-order valence-corrected chi connectivity index (χ1v) is 7.65. The SMILES string of the molecule is CCCC1(CNc2ccc([N+](=O)[O-])c(OC(C)C)c2)CC1. The Morgan fingerprint density at radius 3 is 2.67 bits per heavy atom. The van der Waals surface area contributed by atoms with Crippen LogP contribution in [-0.4, -0.2) is 17.6 Å². The molecule has 0 spiro atoms. The first-order valence-electron chi connectivity index (χ1n) is 7.65. The van der Waals surface area contributed by atoms with Crippen LogP contribution >= 0.6 is 0 Å². The molecule has 0 amide bonds. The maximum Gasteiger partial charge on any atom is 0.311 e. The molecule has 5 heteroatoms. The quantitative estimate of drug-likeness (QED) is 0.570. The molecule has 1 fully saturated rings. The molecule has 1 aromatic carbocycles. The highest BCUT2D eigenvalue weighted by atomic mass is 16.6. The van der Waals surface area contributed by atoms with E-state index in [0.29, 0.717) is 11.2 Å². The molecule has 0 aromatic heterocycles. The summed E-state index contributed by atoms with van der Waals surface area (Å²) in [4.78, 5) is 10.6. The van der Waals surface area contributed by atoms with Crippen molar-refractivity contribution < 1.29 is 9.66 Å². The number of hydrogen-bond donors (Lipinski definition) is 1. The van der Waals surface area contributed by atoms with Crippen molar-refractivity contribution >= 4 is 11.4 Å². The number of anilines is 1. The highest BCUT2D eigenvalue weighted by molar-refractivity contribution is 5.58. The molecule has 0 heterocycles. The fraction of sp³-hybridized carbons (Fsp3) is 0.625. The smallest absolute Gasteiger partial charge is 0.311 e. The number of benzene rings is 1. The summed E-state index contributed by atoms with van der Waals surface area (Å²) in [7, 11) is 0. The summed E-state index contributed by atoms with van der Waals surface area (Å²) in [5, 5.41) is 14.4. The van der Waals surface area contributed by atoms with E-state index in [4.69, 9.17) is 4.74 Å². The lowest BCUT2D eigenvalue weighted by Gasteiger charge is -2.17. The number of nitrogens with one attached hydrogen (secondary N) is 1. The van der Waals surface area contributed by atoms with Gasteiger partial charge in [0.1, 0.15) is 0 Å². The van der Waals surface area contributed by atoms with Crippen molar-refractivity contribution in [3.05, 3.63) is 28.3 Å². The Kier molecular flexibility index (Phi) is 4.70. The zero-order valence-corrected chi connectivity index (χ0v) is 13.0. The molecule has 1 N–H and O–H groups in total. The Bertz CT molecular complexity index is 510. The van der Waals surface area contributed by atoms with E-state index in [1.54, 1.807) is 12.1 Å². The van der Waals surface area contributed by atoms with Crippen LogP contribution in [0.25, 0.3) is 0 Å². The molecule has 1 aliphatic carbocycles. The molecule has 1 aliphatic rings. The Balaban J connectivity index is 2.08. The van der Waals surface area contributed by atoms with E-state index >= 15 is 0 Å². The molecule has 0 bridgehead atoms. The Morgan fingerprint density at radius 2 is 2.14 bits per heavy atom. The second kappa shape index (κ2) is 6.33. The topological polar surface area (TPSA) is 64.4 Å². The maximum absolute atomic E-state index is 11.0. The van der Waals surface area contributed by atoms with Gasteiger partial charge in [-0.1, -0.05) is 13.3 Å². The van der Waals surface area contributed by atoms with Gasteiger partial charge in [-0.05, 0) is 44.6 Å². The number of rotatable bonds is 8. The van der Waals surface area contributed by atoms with Gasteiger partial charge in [0.25, 0.3) is 0 Å². The van der Waals surface area contributed by atoms with Crippen LogP contribution in [0, 0.1) is 15.5 Å². The molecule has 0 radical (unpaired) electrons. The summed E-state index contributed by atoms with van der Waals surface area (Å²) in [5.74, 6) is 0.334. The van der Waals surface area contributed by atoms with E-state index in [9.17, 15) is 10.1 Å². The first kappa shape index (κ1) is 15.6. The molecular formula is C16H24N2O3. The highest BCUT2D eigenvalue weighted by Crippen LogP contribution is 2.49. The van der Waals surface area contributed by atoms with Crippen molar-refractivity contribution in [3.63, 3.8) is 0 Å². The van der Waals surface area contributed by atoms with Gasteiger partial charge >= 0.3 is 5.69 Å². The number of nitro groups is 1. The van der Waals surface area contributed by atoms with E-state index < -0.39 is 4.92 Å². The van der Waals surface area contributed by atoms with Crippen LogP contribution in [0.15, 0.2) is 18.2 Å². The van der Waals surface area contributed by atoms with Gasteiger partial charge in [-0.2, -0.15) is 0 Å². The highest BCUT2D eigenvalue weighted by Gasteiger charge is 2.41. The van der Waals surface area contributed by atoms with Gasteiger partial charge in [0.15, 0.2) is 5.75 Å². The van der Waals surface area contributed by atoms with Gasteiger partial charge in [-0.3, -0.25) is 10.1 Å². The average Bonchev–Trinajstić information content (AvgIpc) is 3.16. The minimum atomic E-state index is -0.402. The van der Waals surface area contributed by atoms with Crippen molar-refractivity contribution in [1.29, 1.82) is 0 Å². The standard InChI is InChI=1S/C16H24N2O3/c1-4-7-16(8-9-16)11-17-13-5-6-14(18(19)20)15(10-13)21-12(2)3/h5-6,10,12,17H,4,7-9,11H2,1-3H3. The van der Waals surface area contributed by atoms with E-state index in [0.717, 1.165) is 12.2 Å². The molecule has 1 saturated carbocycles. The van der Waals surface area contributed by atoms with E-state index in [1.165, 1.54) is 31.7 Å². The molecule has 0 saturated heterocycles. The summed E-state index contributed by atoms with van der Waals surface area (Å²) in [5.41, 5.74) is 1.35. The van der Waals surface area contributed by atoms with Crippen LogP contribution in [0.4, 0.5) is 11.4 Å². The average molecular weight is 292 g/mol. The van der Waals surface area contributed by atoms with E-state index in [1.807, 2.05) is 13.8 Å². The van der Waals surface area contributed by atoms with Gasteiger partial charge in [0, 0.05) is 24.4 Å². The molecule has 0 unspecified atom stereocenters. The van der Waals surface area contributed by atoms with Crippen LogP contribution in [0.5, 0.6) is 5.75 Å². The fourth-order valence-corrected chi connectivity index (χ4v) is 2.64. The molecule has 0 atom stereocenters. The van der Waals surface area contributed by atoms with Crippen LogP contribution in [0.1, 0.15) is 46.5 Å². The predicted octanol–water partition coefficient (Wildman–Crippen LogP) is 4.37. The largest absolute Gasteiger partial charge is 0.484 e. The second-order valence-corrected chi connectivity index (χ2v) is 6.21. The first-order chi connectivity index (χ1) is 9.96. The van der Waals surface area contributed by atoms with E-state index in [-0.39, 0.29) is 11.8 Å². The molecule has 1 aromatic rings. The normalized spacial score (nSPS) is 15.8. The predicted molar refractivity (Wildman–Crippen MR) is 83.9 cm³/mol. The summed E-state index contributed by atoms with van der Waals surface area (Å²) in [6, 6.07) is 5.01. The number of hydrogen-bond acceptors (Lipinski definition) is 4. The third-order valence-electron chi connectivity index (χ3n) is 3.92. The Hall–Kier alpha value is -1.78. The maximum atomic E-state index is 11.0. The Labute approximate surface area is 125 Å². The Morgan fingerprint density at radius 1 is 1.43 bits per heavy atom. The monoisotopic (exact) mass is 292 g/mol. The van der Waals surface area contributed by atoms with Crippen LogP contribution < -0.4 is 10.1 Å². The number of ether oxygens (including phenoxy) is 1. The van der Waals surface area contributed by atoms with Gasteiger partial charge < -0.3 is 10.1 Å².